The maximum Gasteiger partial charge on any atom is 0.260 e. The Morgan fingerprint density at radius 3 is 3.00 bits per heavy atom. The molecule has 2 aliphatic rings. The first-order valence-corrected chi connectivity index (χ1v) is 7.97. The minimum Gasteiger partial charge on any atom is -0.464 e. The quantitative estimate of drug-likeness (QED) is 0.681. The zero-order valence-electron chi connectivity index (χ0n) is 12.2. The Kier molecular flexibility index (Phi) is 2.56. The van der Waals surface area contributed by atoms with Crippen LogP contribution in [0.2, 0.25) is 5.02 Å². The van der Waals surface area contributed by atoms with E-state index in [-0.39, 0.29) is 5.91 Å². The van der Waals surface area contributed by atoms with E-state index >= 15 is 0 Å². The molecule has 4 nitrogen and oxygen atoms in total. The lowest BCUT2D eigenvalue weighted by atomic mass is 9.99. The number of fused-ring (bicyclic) bond motifs is 6. The molecule has 0 fully saturated rings. The Hall–Kier alpha value is -2.46. The molecular weight excluding hydrogens is 312 g/mol. The predicted molar refractivity (Wildman–Crippen MR) is 87.9 cm³/mol. The molecule has 1 N–H and O–H groups in total. The summed E-state index contributed by atoms with van der Waals surface area (Å²) in [6.45, 7) is 0.643. The van der Waals surface area contributed by atoms with E-state index in [2.05, 4.69) is 4.98 Å². The Labute approximate surface area is 137 Å². The van der Waals surface area contributed by atoms with Crippen molar-refractivity contribution < 1.29 is 9.53 Å². The lowest BCUT2D eigenvalue weighted by molar-refractivity contribution is 0.00203. The minimum atomic E-state index is -0.396. The van der Waals surface area contributed by atoms with Crippen LogP contribution in [0.3, 0.4) is 0 Å². The fourth-order valence-electron chi connectivity index (χ4n) is 3.58. The maximum atomic E-state index is 12.7. The lowest BCUT2D eigenvalue weighted by Gasteiger charge is -2.39. The van der Waals surface area contributed by atoms with Crippen LogP contribution in [-0.4, -0.2) is 22.3 Å². The molecule has 1 amide bonds. The molecule has 1 unspecified atom stereocenters. The number of aromatic amines is 1. The molecule has 0 radical (unpaired) electrons. The average Bonchev–Trinajstić information content (AvgIpc) is 2.93. The highest BCUT2D eigenvalue weighted by Gasteiger charge is 2.39. The highest BCUT2D eigenvalue weighted by atomic mass is 35.5. The number of nitrogens with one attached hydrogen (secondary N) is 1. The summed E-state index contributed by atoms with van der Waals surface area (Å²) in [5, 5.41) is 1.83. The van der Waals surface area contributed by atoms with Crippen molar-refractivity contribution in [1.82, 2.24) is 9.88 Å². The second kappa shape index (κ2) is 4.52. The SMILES string of the molecule is O=C1c2ccccc2OC2c3[nH]c4ccc(Cl)cc4c3CCN12. The third kappa shape index (κ3) is 1.75. The average molecular weight is 325 g/mol. The molecule has 3 aromatic rings. The van der Waals surface area contributed by atoms with Crippen molar-refractivity contribution in [1.29, 1.82) is 0 Å². The van der Waals surface area contributed by atoms with Crippen LogP contribution in [0, 0.1) is 0 Å². The summed E-state index contributed by atoms with van der Waals surface area (Å²) in [6, 6.07) is 13.2. The van der Waals surface area contributed by atoms with Crippen LogP contribution in [0.15, 0.2) is 42.5 Å². The summed E-state index contributed by atoms with van der Waals surface area (Å²) >= 11 is 6.14. The fourth-order valence-corrected chi connectivity index (χ4v) is 3.75. The first-order valence-electron chi connectivity index (χ1n) is 7.59. The molecule has 2 aromatic carbocycles. The van der Waals surface area contributed by atoms with Crippen LogP contribution in [0.5, 0.6) is 5.75 Å². The van der Waals surface area contributed by atoms with Crippen LogP contribution >= 0.6 is 11.6 Å². The second-order valence-corrected chi connectivity index (χ2v) is 6.36. The van der Waals surface area contributed by atoms with Gasteiger partial charge in [0.25, 0.3) is 5.91 Å². The van der Waals surface area contributed by atoms with Gasteiger partial charge in [0, 0.05) is 22.5 Å². The number of halogens is 1. The van der Waals surface area contributed by atoms with Gasteiger partial charge >= 0.3 is 0 Å². The lowest BCUT2D eigenvalue weighted by Crippen LogP contribution is -2.45. The summed E-state index contributed by atoms with van der Waals surface area (Å²) < 4.78 is 6.13. The Morgan fingerprint density at radius 2 is 2.09 bits per heavy atom. The molecule has 114 valence electrons. The number of ether oxygens (including phenoxy) is 1. The highest BCUT2D eigenvalue weighted by Crippen LogP contribution is 2.41. The molecular formula is C18H13ClN2O2. The number of H-pyrrole nitrogens is 1. The zero-order valence-corrected chi connectivity index (χ0v) is 12.9. The van der Waals surface area contributed by atoms with E-state index in [0.717, 1.165) is 23.0 Å². The number of rotatable bonds is 0. The molecule has 3 heterocycles. The third-order valence-corrected chi connectivity index (χ3v) is 4.89. The number of amides is 1. The molecule has 0 bridgehead atoms. The van der Waals surface area contributed by atoms with Crippen molar-refractivity contribution in [2.75, 3.05) is 6.54 Å². The standard InChI is InChI=1S/C18H13ClN2O2/c19-10-5-6-14-13(9-10)11-7-8-21-17(22)12-3-1-2-4-15(12)23-18(21)16(11)20-14/h1-6,9,18,20H,7-8H2. The topological polar surface area (TPSA) is 45.3 Å². The van der Waals surface area contributed by atoms with E-state index in [0.29, 0.717) is 22.9 Å². The van der Waals surface area contributed by atoms with Gasteiger partial charge < -0.3 is 9.72 Å². The fraction of sp³-hybridized carbons (Fsp3) is 0.167. The Balaban J connectivity index is 1.70. The van der Waals surface area contributed by atoms with Gasteiger partial charge in [0.15, 0.2) is 0 Å². The number of para-hydroxylation sites is 1. The summed E-state index contributed by atoms with van der Waals surface area (Å²) in [6.07, 6.45) is 0.399. The van der Waals surface area contributed by atoms with Crippen molar-refractivity contribution in [2.24, 2.45) is 0 Å². The third-order valence-electron chi connectivity index (χ3n) is 4.65. The van der Waals surface area contributed by atoms with Crippen LogP contribution < -0.4 is 4.74 Å². The van der Waals surface area contributed by atoms with Crippen molar-refractivity contribution in [3.63, 3.8) is 0 Å². The van der Waals surface area contributed by atoms with Crippen LogP contribution in [0.4, 0.5) is 0 Å². The summed E-state index contributed by atoms with van der Waals surface area (Å²) in [5.41, 5.74) is 3.80. The summed E-state index contributed by atoms with van der Waals surface area (Å²) in [4.78, 5) is 18.0. The van der Waals surface area contributed by atoms with Crippen molar-refractivity contribution in [3.05, 3.63) is 64.3 Å². The van der Waals surface area contributed by atoms with E-state index in [9.17, 15) is 4.79 Å². The van der Waals surface area contributed by atoms with E-state index in [4.69, 9.17) is 16.3 Å². The molecule has 5 heteroatoms. The molecule has 0 saturated carbocycles. The van der Waals surface area contributed by atoms with Crippen LogP contribution in [0.25, 0.3) is 10.9 Å². The zero-order chi connectivity index (χ0) is 15.6. The van der Waals surface area contributed by atoms with Gasteiger partial charge in [0.05, 0.1) is 11.3 Å². The predicted octanol–water partition coefficient (Wildman–Crippen LogP) is 3.91. The van der Waals surface area contributed by atoms with Gasteiger partial charge in [-0.1, -0.05) is 23.7 Å². The molecule has 23 heavy (non-hydrogen) atoms. The molecule has 0 spiro atoms. The largest absolute Gasteiger partial charge is 0.464 e. The normalized spacial score (nSPS) is 19.1. The van der Waals surface area contributed by atoms with Gasteiger partial charge in [0.1, 0.15) is 5.75 Å². The van der Waals surface area contributed by atoms with E-state index in [1.807, 2.05) is 42.5 Å². The van der Waals surface area contributed by atoms with E-state index in [1.54, 1.807) is 4.90 Å². The van der Waals surface area contributed by atoms with Gasteiger partial charge in [-0.2, -0.15) is 0 Å². The monoisotopic (exact) mass is 324 g/mol. The first-order chi connectivity index (χ1) is 11.2. The van der Waals surface area contributed by atoms with Gasteiger partial charge in [0.2, 0.25) is 6.23 Å². The number of benzene rings is 2. The molecule has 1 aromatic heterocycles. The van der Waals surface area contributed by atoms with Crippen molar-refractivity contribution in [3.8, 4) is 5.75 Å². The number of nitrogens with zero attached hydrogens (tertiary/aromatic N) is 1. The minimum absolute atomic E-state index is 0.0270. The molecule has 5 rings (SSSR count). The number of hydrogen-bond acceptors (Lipinski definition) is 2. The molecule has 2 aliphatic heterocycles. The van der Waals surface area contributed by atoms with Crippen LogP contribution in [0.1, 0.15) is 27.8 Å². The van der Waals surface area contributed by atoms with Gasteiger partial charge in [-0.15, -0.1) is 0 Å². The maximum absolute atomic E-state index is 12.7. The summed E-state index contributed by atoms with van der Waals surface area (Å²) in [7, 11) is 0. The Morgan fingerprint density at radius 1 is 1.22 bits per heavy atom. The van der Waals surface area contributed by atoms with E-state index in [1.165, 1.54) is 5.56 Å². The molecule has 0 aliphatic carbocycles. The number of aromatic nitrogens is 1. The van der Waals surface area contributed by atoms with Gasteiger partial charge in [-0.3, -0.25) is 9.69 Å². The second-order valence-electron chi connectivity index (χ2n) is 5.92. The van der Waals surface area contributed by atoms with Gasteiger partial charge in [-0.05, 0) is 42.3 Å². The van der Waals surface area contributed by atoms with E-state index < -0.39 is 6.23 Å². The van der Waals surface area contributed by atoms with Crippen molar-refractivity contribution >= 4 is 28.4 Å². The molecule has 0 saturated heterocycles. The number of carbonyl (C=O) groups is 1. The van der Waals surface area contributed by atoms with Crippen LogP contribution in [-0.2, 0) is 6.42 Å². The highest BCUT2D eigenvalue weighted by molar-refractivity contribution is 6.31. The summed E-state index contributed by atoms with van der Waals surface area (Å²) in [5.74, 6) is 0.669. The number of carbonyl (C=O) groups excluding carboxylic acids is 1. The van der Waals surface area contributed by atoms with Gasteiger partial charge in [-0.25, -0.2) is 0 Å². The Bertz CT molecular complexity index is 963. The molecule has 1 atom stereocenters. The van der Waals surface area contributed by atoms with Crippen molar-refractivity contribution in [2.45, 2.75) is 12.6 Å². The smallest absolute Gasteiger partial charge is 0.260 e. The number of hydrogen-bond donors (Lipinski definition) is 1. The first kappa shape index (κ1) is 13.0.